The van der Waals surface area contributed by atoms with Gasteiger partial charge in [0.1, 0.15) is 0 Å². The van der Waals surface area contributed by atoms with E-state index in [-0.39, 0.29) is 17.7 Å². The fourth-order valence-electron chi connectivity index (χ4n) is 3.03. The number of anilines is 2. The van der Waals surface area contributed by atoms with Crippen molar-refractivity contribution >= 4 is 23.3 Å². The van der Waals surface area contributed by atoms with Crippen molar-refractivity contribution in [2.45, 2.75) is 20.3 Å². The van der Waals surface area contributed by atoms with Crippen LogP contribution < -0.4 is 15.0 Å². The number of amides is 2. The van der Waals surface area contributed by atoms with Gasteiger partial charge in [0.2, 0.25) is 17.7 Å². The van der Waals surface area contributed by atoms with Crippen molar-refractivity contribution in [3.63, 3.8) is 0 Å². The van der Waals surface area contributed by atoms with Gasteiger partial charge in [0.25, 0.3) is 0 Å². The molecule has 7 heteroatoms. The molecule has 2 heterocycles. The molecule has 1 aliphatic carbocycles. The summed E-state index contributed by atoms with van der Waals surface area (Å²) in [5, 5.41) is 3.01. The number of piperazine rings is 1. The molecule has 0 spiro atoms. The zero-order chi connectivity index (χ0) is 17.3. The van der Waals surface area contributed by atoms with Gasteiger partial charge in [-0.25, -0.2) is 0 Å². The molecule has 130 valence electrons. The number of nitrogens with one attached hydrogen (secondary N) is 1. The lowest BCUT2D eigenvalue weighted by Crippen LogP contribution is -2.48. The van der Waals surface area contributed by atoms with Crippen LogP contribution in [0.4, 0.5) is 11.5 Å². The van der Waals surface area contributed by atoms with Crippen LogP contribution in [0.5, 0.6) is 5.88 Å². The summed E-state index contributed by atoms with van der Waals surface area (Å²) in [6.07, 6.45) is 0.946. The van der Waals surface area contributed by atoms with Crippen molar-refractivity contribution in [3.8, 4) is 5.88 Å². The molecule has 24 heavy (non-hydrogen) atoms. The van der Waals surface area contributed by atoms with Gasteiger partial charge in [-0.3, -0.25) is 9.59 Å². The predicted octanol–water partition coefficient (Wildman–Crippen LogP) is 1.35. The van der Waals surface area contributed by atoms with Gasteiger partial charge >= 0.3 is 0 Å². The molecule has 1 aromatic heterocycles. The number of aromatic nitrogens is 1. The molecular formula is C17H24N4O3. The average Bonchev–Trinajstić information content (AvgIpc) is 3.32. The van der Waals surface area contributed by atoms with Crippen molar-refractivity contribution in [1.29, 1.82) is 0 Å². The number of nitrogens with zero attached hydrogens (tertiary/aromatic N) is 3. The van der Waals surface area contributed by atoms with Crippen molar-refractivity contribution in [1.82, 2.24) is 9.88 Å². The Morgan fingerprint density at radius 3 is 2.46 bits per heavy atom. The van der Waals surface area contributed by atoms with Gasteiger partial charge in [0.15, 0.2) is 5.82 Å². The summed E-state index contributed by atoms with van der Waals surface area (Å²) in [5.74, 6) is 1.92. The van der Waals surface area contributed by atoms with E-state index < -0.39 is 0 Å². The second kappa shape index (κ2) is 6.67. The third-order valence-electron chi connectivity index (χ3n) is 4.79. The quantitative estimate of drug-likeness (QED) is 0.901. The Labute approximate surface area is 142 Å². The summed E-state index contributed by atoms with van der Waals surface area (Å²) >= 11 is 0. The lowest BCUT2D eigenvalue weighted by molar-refractivity contribution is -0.129. The molecule has 3 rings (SSSR count). The highest BCUT2D eigenvalue weighted by Crippen LogP contribution is 2.39. The van der Waals surface area contributed by atoms with Gasteiger partial charge in [-0.05, 0) is 18.4 Å². The molecule has 0 aromatic carbocycles. The Kier molecular flexibility index (Phi) is 4.59. The van der Waals surface area contributed by atoms with E-state index in [1.54, 1.807) is 20.1 Å². The number of carbonyl (C=O) groups excluding carboxylic acids is 2. The Morgan fingerprint density at radius 1 is 1.25 bits per heavy atom. The summed E-state index contributed by atoms with van der Waals surface area (Å²) in [6.45, 7) is 6.34. The smallest absolute Gasteiger partial charge is 0.227 e. The Morgan fingerprint density at radius 2 is 1.92 bits per heavy atom. The van der Waals surface area contributed by atoms with Crippen LogP contribution >= 0.6 is 0 Å². The number of hydrogen-bond donors (Lipinski definition) is 1. The van der Waals surface area contributed by atoms with Gasteiger partial charge in [-0.1, -0.05) is 6.92 Å². The molecule has 1 N–H and O–H groups in total. The molecule has 1 aromatic rings. The van der Waals surface area contributed by atoms with E-state index in [1.807, 2.05) is 11.0 Å². The molecule has 7 nitrogen and oxygen atoms in total. The molecule has 2 atom stereocenters. The third kappa shape index (κ3) is 3.44. The first kappa shape index (κ1) is 16.5. The molecule has 0 bridgehead atoms. The minimum absolute atomic E-state index is 0.0538. The maximum absolute atomic E-state index is 12.3. The highest BCUT2D eigenvalue weighted by atomic mass is 16.5. The second-order valence-electron chi connectivity index (χ2n) is 6.53. The first-order valence-corrected chi connectivity index (χ1v) is 8.36. The van der Waals surface area contributed by atoms with Crippen LogP contribution in [0.25, 0.3) is 0 Å². The SMILES string of the molecule is COc1ccc(NC(=O)[C@H]2C[C@H]2C)c(N2CCN(C(C)=O)CC2)n1. The highest BCUT2D eigenvalue weighted by molar-refractivity contribution is 5.96. The van der Waals surface area contributed by atoms with Crippen LogP contribution in [-0.4, -0.2) is 55.0 Å². The molecule has 1 aliphatic heterocycles. The number of rotatable bonds is 4. The van der Waals surface area contributed by atoms with E-state index in [9.17, 15) is 9.59 Å². The van der Waals surface area contributed by atoms with Crippen LogP contribution in [0.3, 0.4) is 0 Å². The van der Waals surface area contributed by atoms with E-state index in [0.717, 1.165) is 6.42 Å². The minimum atomic E-state index is 0.0538. The standard InChI is InChI=1S/C17H24N4O3/c1-11-10-13(11)17(23)18-14-4-5-15(24-3)19-16(14)21-8-6-20(7-9-21)12(2)22/h4-5,11,13H,6-10H2,1-3H3,(H,18,23)/t11-,13+/m1/s1. The Hall–Kier alpha value is -2.31. The summed E-state index contributed by atoms with van der Waals surface area (Å²) in [5.41, 5.74) is 0.705. The largest absolute Gasteiger partial charge is 0.481 e. The molecule has 2 aliphatic rings. The Balaban J connectivity index is 1.77. The number of carbonyl (C=O) groups is 2. The normalized spacial score (nSPS) is 23.0. The topological polar surface area (TPSA) is 74.8 Å². The van der Waals surface area contributed by atoms with Crippen LogP contribution in [0.2, 0.25) is 0 Å². The Bertz CT molecular complexity index is 641. The van der Waals surface area contributed by atoms with E-state index in [4.69, 9.17) is 4.74 Å². The molecule has 0 unspecified atom stereocenters. The fourth-order valence-corrected chi connectivity index (χ4v) is 3.03. The van der Waals surface area contributed by atoms with Gasteiger partial charge in [-0.15, -0.1) is 0 Å². The van der Waals surface area contributed by atoms with Gasteiger partial charge < -0.3 is 19.9 Å². The van der Waals surface area contributed by atoms with E-state index in [0.29, 0.717) is 49.5 Å². The molecule has 1 saturated carbocycles. The monoisotopic (exact) mass is 332 g/mol. The lowest BCUT2D eigenvalue weighted by Gasteiger charge is -2.35. The second-order valence-corrected chi connectivity index (χ2v) is 6.53. The van der Waals surface area contributed by atoms with Crippen molar-refractivity contribution < 1.29 is 14.3 Å². The molecular weight excluding hydrogens is 308 g/mol. The van der Waals surface area contributed by atoms with E-state index in [1.165, 1.54) is 0 Å². The molecule has 1 saturated heterocycles. The lowest BCUT2D eigenvalue weighted by atomic mass is 10.2. The number of pyridine rings is 1. The molecule has 2 amide bonds. The van der Waals surface area contributed by atoms with Crippen molar-refractivity contribution in [2.75, 3.05) is 43.5 Å². The number of hydrogen-bond acceptors (Lipinski definition) is 5. The maximum Gasteiger partial charge on any atom is 0.227 e. The summed E-state index contributed by atoms with van der Waals surface area (Å²) in [7, 11) is 1.57. The van der Waals surface area contributed by atoms with Crippen molar-refractivity contribution in [3.05, 3.63) is 12.1 Å². The third-order valence-corrected chi connectivity index (χ3v) is 4.79. The zero-order valence-electron chi connectivity index (χ0n) is 14.4. The molecule has 0 radical (unpaired) electrons. The zero-order valence-corrected chi connectivity index (χ0v) is 14.4. The minimum Gasteiger partial charge on any atom is -0.481 e. The van der Waals surface area contributed by atoms with Crippen LogP contribution in [-0.2, 0) is 9.59 Å². The first-order chi connectivity index (χ1) is 11.5. The predicted molar refractivity (Wildman–Crippen MR) is 91.2 cm³/mol. The fraction of sp³-hybridized carbons (Fsp3) is 0.588. The maximum atomic E-state index is 12.3. The summed E-state index contributed by atoms with van der Waals surface area (Å²) < 4.78 is 5.23. The summed E-state index contributed by atoms with van der Waals surface area (Å²) in [6, 6.07) is 3.59. The van der Waals surface area contributed by atoms with Gasteiger partial charge in [-0.2, -0.15) is 4.98 Å². The van der Waals surface area contributed by atoms with Crippen LogP contribution in [0.15, 0.2) is 12.1 Å². The average molecular weight is 332 g/mol. The van der Waals surface area contributed by atoms with Gasteiger partial charge in [0.05, 0.1) is 12.8 Å². The number of ether oxygens (including phenoxy) is 1. The summed E-state index contributed by atoms with van der Waals surface area (Å²) in [4.78, 5) is 32.2. The van der Waals surface area contributed by atoms with E-state index in [2.05, 4.69) is 22.1 Å². The van der Waals surface area contributed by atoms with Crippen molar-refractivity contribution in [2.24, 2.45) is 11.8 Å². The van der Waals surface area contributed by atoms with Gasteiger partial charge in [0, 0.05) is 45.1 Å². The molecule has 2 fully saturated rings. The first-order valence-electron chi connectivity index (χ1n) is 8.36. The van der Waals surface area contributed by atoms with Crippen LogP contribution in [0, 0.1) is 11.8 Å². The van der Waals surface area contributed by atoms with E-state index >= 15 is 0 Å². The van der Waals surface area contributed by atoms with Crippen LogP contribution in [0.1, 0.15) is 20.3 Å². The number of methoxy groups -OCH3 is 1. The highest BCUT2D eigenvalue weighted by Gasteiger charge is 2.39.